The maximum absolute atomic E-state index is 12.4. The number of benzene rings is 1. The molecule has 34 heavy (non-hydrogen) atoms. The molecule has 1 aromatic carbocycles. The van der Waals surface area contributed by atoms with Gasteiger partial charge in [0, 0.05) is 24.2 Å². The van der Waals surface area contributed by atoms with Crippen molar-refractivity contribution in [1.29, 1.82) is 5.26 Å². The van der Waals surface area contributed by atoms with Crippen molar-refractivity contribution >= 4 is 35.8 Å². The number of rotatable bonds is 5. The molecule has 2 aliphatic rings. The summed E-state index contributed by atoms with van der Waals surface area (Å²) in [4.78, 5) is 15.7. The van der Waals surface area contributed by atoms with Crippen molar-refractivity contribution in [3.8, 4) is 6.07 Å². The number of pyridine rings is 1. The van der Waals surface area contributed by atoms with Crippen LogP contribution in [0.25, 0.3) is 0 Å². The highest BCUT2D eigenvalue weighted by molar-refractivity contribution is 7.69. The van der Waals surface area contributed by atoms with Gasteiger partial charge in [-0.1, -0.05) is 13.0 Å². The van der Waals surface area contributed by atoms with Crippen molar-refractivity contribution in [2.24, 2.45) is 0 Å². The number of nitriles is 1. The van der Waals surface area contributed by atoms with Crippen LogP contribution in [0.3, 0.4) is 0 Å². The molecule has 1 atom stereocenters. The molecule has 3 heterocycles. The molecule has 0 fully saturated rings. The van der Waals surface area contributed by atoms with E-state index in [1.807, 2.05) is 0 Å². The summed E-state index contributed by atoms with van der Waals surface area (Å²) in [7, 11) is -0.339. The average molecular weight is 474 g/mol. The minimum absolute atomic E-state index is 0.223. The Labute approximate surface area is 199 Å². The van der Waals surface area contributed by atoms with Gasteiger partial charge >= 0.3 is 0 Å². The van der Waals surface area contributed by atoms with Crippen LogP contribution >= 0.6 is 7.14 Å². The van der Waals surface area contributed by atoms with Crippen LogP contribution < -0.4 is 16.1 Å². The van der Waals surface area contributed by atoms with E-state index in [9.17, 15) is 9.83 Å². The van der Waals surface area contributed by atoms with E-state index in [0.717, 1.165) is 25.2 Å². The average Bonchev–Trinajstić information content (AvgIpc) is 3.10. The van der Waals surface area contributed by atoms with Crippen molar-refractivity contribution < 1.29 is 4.57 Å². The van der Waals surface area contributed by atoms with E-state index in [1.165, 1.54) is 29.3 Å². The third kappa shape index (κ3) is 4.18. The van der Waals surface area contributed by atoms with E-state index in [0.29, 0.717) is 28.6 Å². The maximum Gasteiger partial charge on any atom is 0.229 e. The second-order valence-electron chi connectivity index (χ2n) is 9.95. The monoisotopic (exact) mass is 473 g/mol. The third-order valence-corrected chi connectivity index (χ3v) is 7.96. The maximum atomic E-state index is 12.4. The molecule has 2 aromatic heterocycles. The highest BCUT2D eigenvalue weighted by Gasteiger charge is 2.40. The van der Waals surface area contributed by atoms with Gasteiger partial charge < -0.3 is 20.1 Å². The number of hydrogen-bond donors (Lipinski definition) is 2. The third-order valence-electron chi connectivity index (χ3n) is 6.61. The van der Waals surface area contributed by atoms with Gasteiger partial charge in [0.15, 0.2) is 5.82 Å². The van der Waals surface area contributed by atoms with Crippen LogP contribution in [0.5, 0.6) is 0 Å². The summed E-state index contributed by atoms with van der Waals surface area (Å²) in [5, 5.41) is 16.0. The first-order valence-corrected chi connectivity index (χ1v) is 13.9. The van der Waals surface area contributed by atoms with E-state index >= 15 is 0 Å². The van der Waals surface area contributed by atoms with E-state index in [2.05, 4.69) is 62.7 Å². The summed E-state index contributed by atoms with van der Waals surface area (Å²) >= 11 is 0. The van der Waals surface area contributed by atoms with E-state index in [-0.39, 0.29) is 5.41 Å². The predicted octanol–water partition coefficient (Wildman–Crippen LogP) is 4.13. The summed E-state index contributed by atoms with van der Waals surface area (Å²) in [5.41, 5.74) is 6.25. The predicted molar refractivity (Wildman–Crippen MR) is 135 cm³/mol. The van der Waals surface area contributed by atoms with Crippen LogP contribution in [0.15, 0.2) is 36.5 Å². The van der Waals surface area contributed by atoms with Crippen molar-refractivity contribution in [3.05, 3.63) is 58.8 Å². The van der Waals surface area contributed by atoms with Crippen LogP contribution in [-0.4, -0.2) is 46.8 Å². The fourth-order valence-electron chi connectivity index (χ4n) is 5.24. The lowest BCUT2D eigenvalue weighted by molar-refractivity contribution is 0.224. The summed E-state index contributed by atoms with van der Waals surface area (Å²) in [6.07, 6.45) is 3.73. The SMILES string of the molecule is CN1Cc2cc(Nc3ncc(C#N)c(Nc4cccc(P(C)(C)=O)n4)n3)cc3c2[C@@](C)(CC3)C1. The Morgan fingerprint density at radius 1 is 1.18 bits per heavy atom. The highest BCUT2D eigenvalue weighted by atomic mass is 31.2. The molecule has 0 saturated carbocycles. The second-order valence-corrected chi connectivity index (χ2v) is 13.1. The molecule has 5 rings (SSSR count). The lowest BCUT2D eigenvalue weighted by Gasteiger charge is -2.38. The van der Waals surface area contributed by atoms with Gasteiger partial charge in [-0.3, -0.25) is 0 Å². The summed E-state index contributed by atoms with van der Waals surface area (Å²) in [6.45, 7) is 7.74. The molecule has 0 spiro atoms. The molecule has 3 aromatic rings. The Hall–Kier alpha value is -3.27. The van der Waals surface area contributed by atoms with Gasteiger partial charge in [-0.05, 0) is 74.2 Å². The number of nitrogens with one attached hydrogen (secondary N) is 2. The topological polar surface area (TPSA) is 107 Å². The molecule has 1 aliphatic carbocycles. The Kier molecular flexibility index (Phi) is 5.43. The summed E-state index contributed by atoms with van der Waals surface area (Å²) in [6, 6.07) is 11.8. The largest absolute Gasteiger partial charge is 0.324 e. The molecular formula is C25H28N7OP. The first-order valence-electron chi connectivity index (χ1n) is 11.3. The van der Waals surface area contributed by atoms with Gasteiger partial charge in [-0.15, -0.1) is 0 Å². The lowest BCUT2D eigenvalue weighted by atomic mass is 9.78. The fourth-order valence-corrected chi connectivity index (χ4v) is 6.03. The fraction of sp³-hybridized carbons (Fsp3) is 0.360. The van der Waals surface area contributed by atoms with Gasteiger partial charge in [0.1, 0.15) is 30.0 Å². The Morgan fingerprint density at radius 2 is 1.97 bits per heavy atom. The zero-order chi connectivity index (χ0) is 24.1. The van der Waals surface area contributed by atoms with E-state index in [1.54, 1.807) is 31.5 Å². The van der Waals surface area contributed by atoms with Gasteiger partial charge in [0.2, 0.25) is 5.95 Å². The smallest absolute Gasteiger partial charge is 0.229 e. The van der Waals surface area contributed by atoms with E-state index < -0.39 is 7.14 Å². The quantitative estimate of drug-likeness (QED) is 0.533. The number of hydrogen-bond acceptors (Lipinski definition) is 8. The van der Waals surface area contributed by atoms with Crippen LogP contribution in [0.1, 0.15) is 35.6 Å². The number of aryl methyl sites for hydroxylation is 1. The number of likely N-dealkylation sites (N-methyl/N-ethyl adjacent to an activating group) is 1. The van der Waals surface area contributed by atoms with Crippen LogP contribution in [0, 0.1) is 11.3 Å². The lowest BCUT2D eigenvalue weighted by Crippen LogP contribution is -2.40. The Bertz CT molecular complexity index is 1380. The van der Waals surface area contributed by atoms with Crippen molar-refractivity contribution in [2.75, 3.05) is 37.6 Å². The van der Waals surface area contributed by atoms with E-state index in [4.69, 9.17) is 0 Å². The summed E-state index contributed by atoms with van der Waals surface area (Å²) in [5.74, 6) is 1.22. The van der Waals surface area contributed by atoms with Crippen LogP contribution in [0.2, 0.25) is 0 Å². The van der Waals surface area contributed by atoms with Gasteiger partial charge in [-0.25, -0.2) is 9.97 Å². The second kappa shape index (κ2) is 8.19. The van der Waals surface area contributed by atoms with Gasteiger partial charge in [-0.2, -0.15) is 10.2 Å². The molecule has 8 nitrogen and oxygen atoms in total. The Morgan fingerprint density at radius 3 is 2.74 bits per heavy atom. The molecule has 0 unspecified atom stereocenters. The van der Waals surface area contributed by atoms with Crippen molar-refractivity contribution in [3.63, 3.8) is 0 Å². The van der Waals surface area contributed by atoms with Gasteiger partial charge in [0.05, 0.1) is 6.20 Å². The molecular weight excluding hydrogens is 445 g/mol. The summed E-state index contributed by atoms with van der Waals surface area (Å²) < 4.78 is 12.4. The number of aromatic nitrogens is 3. The number of nitrogens with zero attached hydrogens (tertiary/aromatic N) is 5. The van der Waals surface area contributed by atoms with Gasteiger partial charge in [0.25, 0.3) is 0 Å². The molecule has 0 amide bonds. The molecule has 9 heteroatoms. The van der Waals surface area contributed by atoms with Crippen LogP contribution in [0.4, 0.5) is 23.3 Å². The first-order chi connectivity index (χ1) is 16.1. The zero-order valence-electron chi connectivity index (χ0n) is 19.9. The molecule has 0 saturated heterocycles. The first kappa shape index (κ1) is 22.5. The molecule has 1 aliphatic heterocycles. The normalized spacial score (nSPS) is 19.4. The minimum atomic E-state index is -2.51. The molecule has 0 radical (unpaired) electrons. The highest BCUT2D eigenvalue weighted by Crippen LogP contribution is 2.45. The van der Waals surface area contributed by atoms with Crippen LogP contribution in [-0.2, 0) is 22.9 Å². The standard InChI is InChI=1S/C25H28N7OP/c1-25-9-8-16-10-19(11-17(22(16)25)14-32(2)15-25)28-24-27-13-18(12-26)23(31-24)30-20-6-5-7-21(29-20)34(3,4)33/h5-7,10-11,13H,8-9,14-15H2,1-4H3,(H2,27,28,29,30,31)/t25-/m0/s1. The van der Waals surface area contributed by atoms with Crippen molar-refractivity contribution in [1.82, 2.24) is 19.9 Å². The molecule has 0 bridgehead atoms. The molecule has 2 N–H and O–H groups in total. The van der Waals surface area contributed by atoms with Crippen molar-refractivity contribution in [2.45, 2.75) is 31.7 Å². The Balaban J connectivity index is 1.45. The zero-order valence-corrected chi connectivity index (χ0v) is 20.8. The minimum Gasteiger partial charge on any atom is -0.324 e. The number of anilines is 4. The molecule has 174 valence electrons.